The summed E-state index contributed by atoms with van der Waals surface area (Å²) in [6, 6.07) is 14.1. The van der Waals surface area contributed by atoms with Gasteiger partial charge in [-0.05, 0) is 62.2 Å². The molecule has 0 bridgehead atoms. The summed E-state index contributed by atoms with van der Waals surface area (Å²) < 4.78 is 22.5. The van der Waals surface area contributed by atoms with Crippen molar-refractivity contribution < 1.29 is 33.3 Å². The average Bonchev–Trinajstić information content (AvgIpc) is 3.21. The molecule has 10 heteroatoms. The molecule has 3 aromatic rings. The number of carbonyl (C=O) groups is 3. The van der Waals surface area contributed by atoms with Crippen LogP contribution in [-0.2, 0) is 14.3 Å². The number of esters is 2. The molecule has 204 valence electrons. The van der Waals surface area contributed by atoms with E-state index in [4.69, 9.17) is 24.7 Å². The van der Waals surface area contributed by atoms with E-state index in [1.807, 2.05) is 0 Å². The molecule has 1 aliphatic rings. The lowest BCUT2D eigenvalue weighted by molar-refractivity contribution is -0.139. The van der Waals surface area contributed by atoms with Crippen LogP contribution in [0.25, 0.3) is 11.0 Å². The Kier molecular flexibility index (Phi) is 8.35. The molecule has 1 aromatic heterocycles. The maximum absolute atomic E-state index is 14.0. The van der Waals surface area contributed by atoms with Crippen LogP contribution in [0.15, 0.2) is 48.5 Å². The number of nitrogens with zero attached hydrogens (tertiary/aromatic N) is 1. The van der Waals surface area contributed by atoms with Gasteiger partial charge in [0.2, 0.25) is 5.91 Å². The Labute approximate surface area is 230 Å². The van der Waals surface area contributed by atoms with E-state index in [1.54, 1.807) is 89.6 Å². The highest BCUT2D eigenvalue weighted by Crippen LogP contribution is 2.40. The van der Waals surface area contributed by atoms with Gasteiger partial charge in [0.1, 0.15) is 21.7 Å². The number of carbonyl (C=O) groups excluding carboxylic acids is 3. The van der Waals surface area contributed by atoms with Gasteiger partial charge in [-0.1, -0.05) is 36.0 Å². The maximum atomic E-state index is 14.0. The van der Waals surface area contributed by atoms with E-state index < -0.39 is 29.2 Å². The van der Waals surface area contributed by atoms with E-state index >= 15 is 0 Å². The van der Waals surface area contributed by atoms with Crippen LogP contribution >= 0.6 is 11.8 Å². The van der Waals surface area contributed by atoms with E-state index in [0.29, 0.717) is 22.3 Å². The van der Waals surface area contributed by atoms with Crippen LogP contribution < -0.4 is 25.8 Å². The molecule has 0 saturated heterocycles. The van der Waals surface area contributed by atoms with Gasteiger partial charge in [0.05, 0.1) is 38.0 Å². The number of ether oxygens (including phenoxy) is 4. The smallest absolute Gasteiger partial charge is 0.357 e. The van der Waals surface area contributed by atoms with E-state index in [0.717, 1.165) is 17.3 Å². The first kappa shape index (κ1) is 27.8. The Balaban J connectivity index is 2.05. The zero-order valence-electron chi connectivity index (χ0n) is 22.3. The third-order valence-corrected chi connectivity index (χ3v) is 7.29. The molecule has 0 spiro atoms. The third-order valence-electron chi connectivity index (χ3n) is 5.99. The lowest BCUT2D eigenvalue weighted by atomic mass is 10.1. The predicted octanol–water partition coefficient (Wildman–Crippen LogP) is 3.28. The summed E-state index contributed by atoms with van der Waals surface area (Å²) in [6.45, 7) is 5.21. The maximum Gasteiger partial charge on any atom is 0.357 e. The highest BCUT2D eigenvalue weighted by molar-refractivity contribution is 8.10. The molecule has 0 aliphatic carbocycles. The summed E-state index contributed by atoms with van der Waals surface area (Å²) in [5, 5.41) is -0.323. The molecule has 2 aromatic carbocycles. The number of nitrogen functional groups attached to an aromatic ring is 1. The summed E-state index contributed by atoms with van der Waals surface area (Å²) in [7, 11) is 3.11. The van der Waals surface area contributed by atoms with Crippen molar-refractivity contribution in [3.63, 3.8) is 0 Å². The Morgan fingerprint density at radius 2 is 1.59 bits per heavy atom. The summed E-state index contributed by atoms with van der Waals surface area (Å²) >= 11 is 1.06. The molecule has 0 saturated carbocycles. The molecule has 0 amide bonds. The Morgan fingerprint density at radius 1 is 1.00 bits per heavy atom. The summed E-state index contributed by atoms with van der Waals surface area (Å²) in [5.74, 6) is -0.558. The number of hydrogen-bond acceptors (Lipinski definition) is 9. The minimum absolute atomic E-state index is 0.0263. The lowest BCUT2D eigenvalue weighted by Crippen LogP contribution is -2.43. The van der Waals surface area contributed by atoms with Crippen molar-refractivity contribution in [2.45, 2.75) is 32.1 Å². The normalized spacial score (nSPS) is 15.2. The molecule has 1 unspecified atom stereocenters. The van der Waals surface area contributed by atoms with Gasteiger partial charge >= 0.3 is 11.9 Å². The van der Waals surface area contributed by atoms with Crippen molar-refractivity contribution in [1.29, 1.82) is 0 Å². The highest BCUT2D eigenvalue weighted by atomic mass is 32.2. The van der Waals surface area contributed by atoms with Crippen LogP contribution in [0.4, 0.5) is 5.69 Å². The van der Waals surface area contributed by atoms with Crippen molar-refractivity contribution >= 4 is 46.3 Å². The summed E-state index contributed by atoms with van der Waals surface area (Å²) in [4.78, 5) is 40.8. The van der Waals surface area contributed by atoms with Crippen molar-refractivity contribution in [2.24, 2.45) is 0 Å². The molecule has 0 fully saturated rings. The second-order valence-corrected chi connectivity index (χ2v) is 10.0. The Hall–Kier alpha value is -4.18. The zero-order chi connectivity index (χ0) is 28.3. The van der Waals surface area contributed by atoms with E-state index in [2.05, 4.69) is 0 Å². The number of benzene rings is 2. The average molecular weight is 551 g/mol. The van der Waals surface area contributed by atoms with Crippen LogP contribution in [0.3, 0.4) is 0 Å². The first-order valence-electron chi connectivity index (χ1n) is 12.3. The van der Waals surface area contributed by atoms with E-state index in [-0.39, 0.29) is 28.2 Å². The van der Waals surface area contributed by atoms with Crippen LogP contribution in [0.2, 0.25) is 0 Å². The molecule has 39 heavy (non-hydrogen) atoms. The van der Waals surface area contributed by atoms with Crippen molar-refractivity contribution in [1.82, 2.24) is 4.57 Å². The number of methoxy groups -OCH3 is 2. The highest BCUT2D eigenvalue weighted by Gasteiger charge is 2.38. The van der Waals surface area contributed by atoms with Crippen molar-refractivity contribution in [3.8, 4) is 11.5 Å². The van der Waals surface area contributed by atoms with Gasteiger partial charge in [-0.3, -0.25) is 9.36 Å². The quantitative estimate of drug-likeness (QED) is 0.422. The number of thioether (sulfide) groups is 1. The number of rotatable bonds is 8. The topological polar surface area (TPSA) is 119 Å². The first-order chi connectivity index (χ1) is 18.7. The molecule has 9 nitrogen and oxygen atoms in total. The Morgan fingerprint density at radius 3 is 2.13 bits per heavy atom. The second kappa shape index (κ2) is 11.7. The molecular formula is C29H30N2O7S. The van der Waals surface area contributed by atoms with Crippen LogP contribution in [0.5, 0.6) is 11.5 Å². The van der Waals surface area contributed by atoms with Gasteiger partial charge in [-0.15, -0.1) is 0 Å². The fourth-order valence-corrected chi connectivity index (χ4v) is 5.40. The van der Waals surface area contributed by atoms with Crippen LogP contribution in [0, 0.1) is 0 Å². The molecule has 1 atom stereocenters. The number of anilines is 1. The molecule has 4 rings (SSSR count). The standard InChI is InChI=1S/C29H30N2O7S/c1-6-37-28(33)24-22(30)21(15-17-7-11-19(35-4)12-8-17)23-26(29(34)38-16(2)3)39-25(27(32)31(23)24)18-9-13-20(36-5)14-10-18/h7-16,25H,6,30H2,1-5H3/b21-15+. The monoisotopic (exact) mass is 550 g/mol. The fraction of sp³-hybridized carbons (Fsp3) is 0.276. The Bertz CT molecular complexity index is 1520. The number of fused-ring (bicyclic) bond motifs is 1. The van der Waals surface area contributed by atoms with Crippen molar-refractivity contribution in [2.75, 3.05) is 26.6 Å². The van der Waals surface area contributed by atoms with Gasteiger partial charge in [-0.25, -0.2) is 9.59 Å². The predicted molar refractivity (Wildman–Crippen MR) is 149 cm³/mol. The van der Waals surface area contributed by atoms with Crippen LogP contribution in [-0.4, -0.2) is 49.3 Å². The first-order valence-corrected chi connectivity index (χ1v) is 13.2. The van der Waals surface area contributed by atoms with Gasteiger partial charge in [0.25, 0.3) is 0 Å². The third kappa shape index (κ3) is 5.51. The molecule has 0 radical (unpaired) electrons. The molecule has 1 aliphatic heterocycles. The minimum Gasteiger partial charge on any atom is -0.497 e. The van der Waals surface area contributed by atoms with Crippen LogP contribution in [0.1, 0.15) is 52.4 Å². The fourth-order valence-electron chi connectivity index (χ4n) is 4.21. The molecule has 2 N–H and O–H groups in total. The van der Waals surface area contributed by atoms with Gasteiger partial charge < -0.3 is 24.7 Å². The van der Waals surface area contributed by atoms with Crippen molar-refractivity contribution in [3.05, 3.63) is 75.9 Å². The number of hydrogen-bond donors (Lipinski definition) is 1. The van der Waals surface area contributed by atoms with E-state index in [9.17, 15) is 14.4 Å². The zero-order valence-corrected chi connectivity index (χ0v) is 23.2. The molecular weight excluding hydrogens is 520 g/mol. The summed E-state index contributed by atoms with van der Waals surface area (Å²) in [5.41, 5.74) is 7.78. The van der Waals surface area contributed by atoms with Gasteiger partial charge in [-0.2, -0.15) is 0 Å². The molecule has 2 heterocycles. The summed E-state index contributed by atoms with van der Waals surface area (Å²) in [6.07, 6.45) is 1.30. The minimum atomic E-state index is -0.855. The van der Waals surface area contributed by atoms with E-state index in [1.165, 1.54) is 4.57 Å². The largest absolute Gasteiger partial charge is 0.497 e. The number of aromatic nitrogens is 1. The van der Waals surface area contributed by atoms with Gasteiger partial charge in [0, 0.05) is 5.22 Å². The lowest BCUT2D eigenvalue weighted by Gasteiger charge is -2.24. The second-order valence-electron chi connectivity index (χ2n) is 8.89. The SMILES string of the molecule is CCOC(=O)c1c(N)/c(=C\c2ccc(OC)cc2)c2n1C(=O)C(c1ccc(OC)cc1)SC=2C(=O)OC(C)C. The van der Waals surface area contributed by atoms with Gasteiger partial charge in [0.15, 0.2) is 5.69 Å². The number of nitrogens with two attached hydrogens (primary N) is 1.